The molecule has 108 valence electrons. The van der Waals surface area contributed by atoms with E-state index < -0.39 is 10.0 Å². The van der Waals surface area contributed by atoms with Gasteiger partial charge in [0.25, 0.3) is 10.0 Å². The number of rotatable bonds is 6. The number of sulfonamides is 1. The summed E-state index contributed by atoms with van der Waals surface area (Å²) in [6.45, 7) is 2.30. The quantitative estimate of drug-likeness (QED) is 0.882. The Morgan fingerprint density at radius 1 is 1.35 bits per heavy atom. The van der Waals surface area contributed by atoms with E-state index in [0.717, 1.165) is 17.0 Å². The molecule has 0 saturated carbocycles. The predicted octanol–water partition coefficient (Wildman–Crippen LogP) is 2.05. The molecule has 2 aromatic rings. The normalized spacial score (nSPS) is 11.5. The Balaban J connectivity index is 2.23. The highest BCUT2D eigenvalue weighted by molar-refractivity contribution is 7.93. The zero-order chi connectivity index (χ0) is 14.6. The van der Waals surface area contributed by atoms with Crippen LogP contribution in [0.15, 0.2) is 29.2 Å². The summed E-state index contributed by atoms with van der Waals surface area (Å²) in [6, 6.07) is 6.60. The van der Waals surface area contributed by atoms with Gasteiger partial charge in [0, 0.05) is 7.11 Å². The minimum absolute atomic E-state index is 0.181. The van der Waals surface area contributed by atoms with Crippen LogP contribution in [0.4, 0.5) is 5.13 Å². The van der Waals surface area contributed by atoms with Gasteiger partial charge < -0.3 is 4.74 Å². The standard InChI is InChI=1S/C12H15N3O3S2/c1-3-11-13-14-12(19-11)15-20(16,17)10-6-4-5-9(7-10)8-18-2/h4-7H,3,8H2,1-2H3,(H,14,15). The lowest BCUT2D eigenvalue weighted by atomic mass is 10.2. The van der Waals surface area contributed by atoms with Crippen molar-refractivity contribution in [1.82, 2.24) is 10.2 Å². The van der Waals surface area contributed by atoms with Crippen LogP contribution >= 0.6 is 11.3 Å². The number of aromatic nitrogens is 2. The highest BCUT2D eigenvalue weighted by atomic mass is 32.2. The van der Waals surface area contributed by atoms with E-state index >= 15 is 0 Å². The molecule has 1 aromatic heterocycles. The topological polar surface area (TPSA) is 81.2 Å². The zero-order valence-electron chi connectivity index (χ0n) is 11.2. The molecule has 20 heavy (non-hydrogen) atoms. The van der Waals surface area contributed by atoms with Crippen molar-refractivity contribution in [2.45, 2.75) is 24.8 Å². The van der Waals surface area contributed by atoms with E-state index in [1.54, 1.807) is 19.2 Å². The number of hydrogen-bond donors (Lipinski definition) is 1. The van der Waals surface area contributed by atoms with Crippen molar-refractivity contribution in [3.63, 3.8) is 0 Å². The molecule has 0 atom stereocenters. The third kappa shape index (κ3) is 3.53. The van der Waals surface area contributed by atoms with Gasteiger partial charge in [0.1, 0.15) is 5.01 Å². The molecule has 0 amide bonds. The third-order valence-electron chi connectivity index (χ3n) is 2.51. The number of nitrogens with one attached hydrogen (secondary N) is 1. The van der Waals surface area contributed by atoms with Crippen LogP contribution in [-0.2, 0) is 27.8 Å². The van der Waals surface area contributed by atoms with Crippen LogP contribution in [0.25, 0.3) is 0 Å². The lowest BCUT2D eigenvalue weighted by Gasteiger charge is -2.06. The molecule has 1 aromatic carbocycles. The van der Waals surface area contributed by atoms with Gasteiger partial charge in [-0.3, -0.25) is 4.72 Å². The molecule has 0 aliphatic rings. The number of methoxy groups -OCH3 is 1. The first-order valence-corrected chi connectivity index (χ1v) is 8.28. The van der Waals surface area contributed by atoms with Crippen molar-refractivity contribution in [2.75, 3.05) is 11.8 Å². The number of aryl methyl sites for hydroxylation is 1. The van der Waals surface area contributed by atoms with Gasteiger partial charge in [-0.2, -0.15) is 0 Å². The molecule has 0 saturated heterocycles. The summed E-state index contributed by atoms with van der Waals surface area (Å²) in [5.41, 5.74) is 0.793. The van der Waals surface area contributed by atoms with E-state index in [9.17, 15) is 8.42 Å². The fourth-order valence-corrected chi connectivity index (χ4v) is 3.56. The van der Waals surface area contributed by atoms with Crippen molar-refractivity contribution in [2.24, 2.45) is 0 Å². The van der Waals surface area contributed by atoms with Gasteiger partial charge in [-0.1, -0.05) is 30.4 Å². The van der Waals surface area contributed by atoms with Crippen molar-refractivity contribution in [3.05, 3.63) is 34.8 Å². The third-order valence-corrected chi connectivity index (χ3v) is 4.96. The van der Waals surface area contributed by atoms with E-state index in [-0.39, 0.29) is 10.0 Å². The fraction of sp³-hybridized carbons (Fsp3) is 0.333. The Morgan fingerprint density at radius 3 is 2.80 bits per heavy atom. The molecule has 0 aliphatic heterocycles. The number of anilines is 1. The molecule has 6 nitrogen and oxygen atoms in total. The van der Waals surface area contributed by atoms with Crippen LogP contribution in [0.3, 0.4) is 0 Å². The Kier molecular flexibility index (Phi) is 4.69. The molecule has 1 N–H and O–H groups in total. The number of nitrogens with zero attached hydrogens (tertiary/aromatic N) is 2. The lowest BCUT2D eigenvalue weighted by Crippen LogP contribution is -2.13. The number of ether oxygens (including phenoxy) is 1. The first kappa shape index (κ1) is 14.9. The Hall–Kier alpha value is -1.51. The van der Waals surface area contributed by atoms with Crippen LogP contribution in [0, 0.1) is 0 Å². The van der Waals surface area contributed by atoms with E-state index in [4.69, 9.17) is 4.74 Å². The first-order valence-electron chi connectivity index (χ1n) is 5.98. The van der Waals surface area contributed by atoms with Gasteiger partial charge in [-0.15, -0.1) is 10.2 Å². The molecule has 0 radical (unpaired) electrons. The summed E-state index contributed by atoms with van der Waals surface area (Å²) in [5, 5.41) is 8.76. The minimum atomic E-state index is -3.65. The van der Waals surface area contributed by atoms with Crippen molar-refractivity contribution in [3.8, 4) is 0 Å². The SMILES string of the molecule is CCc1nnc(NS(=O)(=O)c2cccc(COC)c2)s1. The summed E-state index contributed by atoms with van der Waals surface area (Å²) < 4.78 is 31.9. The van der Waals surface area contributed by atoms with E-state index in [1.807, 2.05) is 13.0 Å². The molecular weight excluding hydrogens is 298 g/mol. The van der Waals surface area contributed by atoms with E-state index in [2.05, 4.69) is 14.9 Å². The lowest BCUT2D eigenvalue weighted by molar-refractivity contribution is 0.184. The smallest absolute Gasteiger partial charge is 0.263 e. The summed E-state index contributed by atoms with van der Waals surface area (Å²) in [4.78, 5) is 0.181. The molecule has 1 heterocycles. The van der Waals surface area contributed by atoms with Gasteiger partial charge in [-0.05, 0) is 24.1 Å². The molecule has 0 fully saturated rings. The molecule has 2 rings (SSSR count). The molecule has 0 aliphatic carbocycles. The molecule has 0 bridgehead atoms. The summed E-state index contributed by atoms with van der Waals surface area (Å²) >= 11 is 1.23. The summed E-state index contributed by atoms with van der Waals surface area (Å²) in [6.07, 6.45) is 0.725. The largest absolute Gasteiger partial charge is 0.380 e. The second-order valence-electron chi connectivity index (χ2n) is 4.04. The number of benzene rings is 1. The zero-order valence-corrected chi connectivity index (χ0v) is 12.8. The maximum atomic E-state index is 12.2. The monoisotopic (exact) mass is 313 g/mol. The average Bonchev–Trinajstić information content (AvgIpc) is 2.86. The van der Waals surface area contributed by atoms with Crippen molar-refractivity contribution in [1.29, 1.82) is 0 Å². The second-order valence-corrected chi connectivity index (χ2v) is 6.78. The van der Waals surface area contributed by atoms with Gasteiger partial charge in [0.2, 0.25) is 5.13 Å². The van der Waals surface area contributed by atoms with Gasteiger partial charge in [0.05, 0.1) is 11.5 Å². The predicted molar refractivity (Wildman–Crippen MR) is 77.3 cm³/mol. The fourth-order valence-electron chi connectivity index (χ4n) is 1.58. The second kappa shape index (κ2) is 6.29. The van der Waals surface area contributed by atoms with Crippen molar-refractivity contribution < 1.29 is 13.2 Å². The van der Waals surface area contributed by atoms with Gasteiger partial charge in [0.15, 0.2) is 0 Å². The van der Waals surface area contributed by atoms with Crippen LogP contribution in [0.2, 0.25) is 0 Å². The van der Waals surface area contributed by atoms with Crippen LogP contribution in [0.5, 0.6) is 0 Å². The average molecular weight is 313 g/mol. The Labute approximate surface area is 121 Å². The molecular formula is C12H15N3O3S2. The maximum absolute atomic E-state index is 12.2. The molecule has 0 spiro atoms. The van der Waals surface area contributed by atoms with Crippen LogP contribution in [-0.4, -0.2) is 25.7 Å². The summed E-state index contributed by atoms with van der Waals surface area (Å²) in [7, 11) is -2.08. The van der Waals surface area contributed by atoms with E-state index in [0.29, 0.717) is 6.61 Å². The first-order chi connectivity index (χ1) is 9.55. The van der Waals surface area contributed by atoms with Gasteiger partial charge >= 0.3 is 0 Å². The Morgan fingerprint density at radius 2 is 2.15 bits per heavy atom. The van der Waals surface area contributed by atoms with E-state index in [1.165, 1.54) is 17.4 Å². The number of hydrogen-bond acceptors (Lipinski definition) is 6. The molecule has 8 heteroatoms. The highest BCUT2D eigenvalue weighted by Gasteiger charge is 2.17. The Bertz CT molecular complexity index is 683. The highest BCUT2D eigenvalue weighted by Crippen LogP contribution is 2.20. The molecule has 0 unspecified atom stereocenters. The summed E-state index contributed by atoms with van der Waals surface area (Å²) in [5.74, 6) is 0. The van der Waals surface area contributed by atoms with Crippen molar-refractivity contribution >= 4 is 26.5 Å². The van der Waals surface area contributed by atoms with Crippen LogP contribution < -0.4 is 4.72 Å². The maximum Gasteiger partial charge on any atom is 0.263 e. The van der Waals surface area contributed by atoms with Crippen LogP contribution in [0.1, 0.15) is 17.5 Å². The van der Waals surface area contributed by atoms with Gasteiger partial charge in [-0.25, -0.2) is 8.42 Å². The minimum Gasteiger partial charge on any atom is -0.380 e.